The number of hydrogen-bond acceptors (Lipinski definition) is 4. The zero-order chi connectivity index (χ0) is 19.0. The summed E-state index contributed by atoms with van der Waals surface area (Å²) in [5.41, 5.74) is 2.92. The van der Waals surface area contributed by atoms with Crippen LogP contribution in [0.4, 0.5) is 11.4 Å². The zero-order valence-corrected chi connectivity index (χ0v) is 15.2. The predicted molar refractivity (Wildman–Crippen MR) is 106 cm³/mol. The topological polar surface area (TPSA) is 65.3 Å². The van der Waals surface area contributed by atoms with Crippen LogP contribution in [0.25, 0.3) is 0 Å². The van der Waals surface area contributed by atoms with Gasteiger partial charge in [-0.1, -0.05) is 36.4 Å². The molecule has 136 valence electrons. The van der Waals surface area contributed by atoms with Gasteiger partial charge < -0.3 is 0 Å². The molecule has 2 amide bonds. The van der Waals surface area contributed by atoms with E-state index in [-0.39, 0.29) is 11.8 Å². The predicted octanol–water partition coefficient (Wildman–Crippen LogP) is 3.45. The van der Waals surface area contributed by atoms with Crippen molar-refractivity contribution in [1.82, 2.24) is 0 Å². The number of para-hydroxylation sites is 2. The second kappa shape index (κ2) is 6.79. The van der Waals surface area contributed by atoms with Crippen LogP contribution in [0.2, 0.25) is 0 Å². The van der Waals surface area contributed by atoms with Gasteiger partial charge in [0, 0.05) is 11.4 Å². The number of amides is 2. The number of hydrazone groups is 2. The molecule has 2 heterocycles. The summed E-state index contributed by atoms with van der Waals surface area (Å²) in [4.78, 5) is 25.8. The Morgan fingerprint density at radius 2 is 1.07 bits per heavy atom. The van der Waals surface area contributed by atoms with Gasteiger partial charge in [0.05, 0.1) is 23.2 Å². The first-order valence-corrected chi connectivity index (χ1v) is 8.94. The highest BCUT2D eigenvalue weighted by atomic mass is 16.2. The highest BCUT2D eigenvalue weighted by Gasteiger charge is 2.42. The fraction of sp³-hybridized carbons (Fsp3) is 0.238. The minimum absolute atomic E-state index is 0.0996. The molecular formula is C21H20N4O2. The van der Waals surface area contributed by atoms with Crippen molar-refractivity contribution in [1.29, 1.82) is 0 Å². The van der Waals surface area contributed by atoms with Crippen LogP contribution in [-0.2, 0) is 9.59 Å². The van der Waals surface area contributed by atoms with Crippen LogP contribution in [0.5, 0.6) is 0 Å². The van der Waals surface area contributed by atoms with Crippen LogP contribution < -0.4 is 10.0 Å². The lowest BCUT2D eigenvalue weighted by Gasteiger charge is -2.18. The van der Waals surface area contributed by atoms with Gasteiger partial charge in [0.25, 0.3) is 11.8 Å². The van der Waals surface area contributed by atoms with Crippen LogP contribution >= 0.6 is 0 Å². The number of benzene rings is 2. The molecule has 0 unspecified atom stereocenters. The third-order valence-electron chi connectivity index (χ3n) is 5.01. The van der Waals surface area contributed by atoms with Crippen molar-refractivity contribution in [3.8, 4) is 0 Å². The van der Waals surface area contributed by atoms with Gasteiger partial charge in [0.2, 0.25) is 0 Å². The molecule has 2 aliphatic rings. The summed E-state index contributed by atoms with van der Waals surface area (Å²) in [5, 5.41) is 11.7. The second-order valence-electron chi connectivity index (χ2n) is 6.79. The lowest BCUT2D eigenvalue weighted by atomic mass is 9.88. The fourth-order valence-electron chi connectivity index (χ4n) is 3.49. The van der Waals surface area contributed by atoms with E-state index in [1.54, 1.807) is 0 Å². The van der Waals surface area contributed by atoms with E-state index in [2.05, 4.69) is 10.2 Å². The number of carbonyl (C=O) groups is 2. The Hall–Kier alpha value is -3.28. The summed E-state index contributed by atoms with van der Waals surface area (Å²) in [6.07, 6.45) is 0.384. The van der Waals surface area contributed by atoms with Crippen molar-refractivity contribution in [2.24, 2.45) is 22.0 Å². The molecule has 0 bridgehead atoms. The standard InChI is InChI=1S/C21H20N4O2/c1-14-18(20(26)24(22-14)16-9-5-3-6-10-16)13-19-15(2)23-25(21(19)27)17-11-7-4-8-12-17/h3-12,18-19H,13H2,1-2H3/t18-,19-/m0/s1. The number of carbonyl (C=O) groups excluding carboxylic acids is 2. The summed E-state index contributed by atoms with van der Waals surface area (Å²) in [6, 6.07) is 18.7. The van der Waals surface area contributed by atoms with Crippen molar-refractivity contribution >= 4 is 34.6 Å². The first-order chi connectivity index (χ1) is 13.1. The molecule has 0 fully saturated rings. The van der Waals surface area contributed by atoms with Gasteiger partial charge in [0.1, 0.15) is 0 Å². The van der Waals surface area contributed by atoms with Crippen LogP contribution in [0, 0.1) is 11.8 Å². The number of rotatable bonds is 4. The maximum absolute atomic E-state index is 12.9. The van der Waals surface area contributed by atoms with Gasteiger partial charge in [0.15, 0.2) is 0 Å². The largest absolute Gasteiger partial charge is 0.272 e. The van der Waals surface area contributed by atoms with E-state index >= 15 is 0 Å². The summed E-state index contributed by atoms with van der Waals surface area (Å²) in [5.74, 6) is -1.03. The van der Waals surface area contributed by atoms with Crippen LogP contribution in [0.1, 0.15) is 20.3 Å². The lowest BCUT2D eigenvalue weighted by molar-refractivity contribution is -0.121. The Balaban J connectivity index is 1.53. The number of hydrogen-bond donors (Lipinski definition) is 0. The Kier molecular flexibility index (Phi) is 4.32. The molecule has 2 aliphatic heterocycles. The van der Waals surface area contributed by atoms with Gasteiger partial charge in [-0.05, 0) is 44.5 Å². The van der Waals surface area contributed by atoms with Crippen molar-refractivity contribution in [3.63, 3.8) is 0 Å². The van der Waals surface area contributed by atoms with E-state index < -0.39 is 11.8 Å². The monoisotopic (exact) mass is 360 g/mol. The number of anilines is 2. The van der Waals surface area contributed by atoms with E-state index in [0.29, 0.717) is 6.42 Å². The maximum Gasteiger partial charge on any atom is 0.256 e. The average Bonchev–Trinajstić information content (AvgIpc) is 3.14. The van der Waals surface area contributed by atoms with Crippen molar-refractivity contribution in [2.75, 3.05) is 10.0 Å². The van der Waals surface area contributed by atoms with Gasteiger partial charge >= 0.3 is 0 Å². The Morgan fingerprint density at radius 3 is 1.44 bits per heavy atom. The molecule has 2 aromatic rings. The summed E-state index contributed by atoms with van der Waals surface area (Å²) in [6.45, 7) is 3.68. The van der Waals surface area contributed by atoms with Crippen LogP contribution in [0.15, 0.2) is 70.9 Å². The molecule has 2 aromatic carbocycles. The lowest BCUT2D eigenvalue weighted by Crippen LogP contribution is -2.33. The second-order valence-corrected chi connectivity index (χ2v) is 6.79. The molecule has 4 rings (SSSR count). The molecule has 0 spiro atoms. The van der Waals surface area contributed by atoms with Gasteiger partial charge in [-0.25, -0.2) is 10.0 Å². The van der Waals surface area contributed by atoms with Crippen LogP contribution in [-0.4, -0.2) is 23.2 Å². The Morgan fingerprint density at radius 1 is 0.704 bits per heavy atom. The minimum atomic E-state index is -0.417. The molecule has 2 atom stereocenters. The molecule has 6 nitrogen and oxygen atoms in total. The third kappa shape index (κ3) is 3.03. The van der Waals surface area contributed by atoms with E-state index in [9.17, 15) is 9.59 Å². The third-order valence-corrected chi connectivity index (χ3v) is 5.01. The van der Waals surface area contributed by atoms with Gasteiger partial charge in [-0.15, -0.1) is 0 Å². The number of nitrogens with zero attached hydrogens (tertiary/aromatic N) is 4. The summed E-state index contributed by atoms with van der Waals surface area (Å²) in [7, 11) is 0. The van der Waals surface area contributed by atoms with Gasteiger partial charge in [-0.2, -0.15) is 10.2 Å². The molecule has 0 aliphatic carbocycles. The minimum Gasteiger partial charge on any atom is -0.272 e. The van der Waals surface area contributed by atoms with E-state index in [0.717, 1.165) is 22.8 Å². The van der Waals surface area contributed by atoms with E-state index in [1.165, 1.54) is 10.0 Å². The van der Waals surface area contributed by atoms with Gasteiger partial charge in [-0.3, -0.25) is 9.59 Å². The van der Waals surface area contributed by atoms with E-state index in [1.807, 2.05) is 74.5 Å². The normalized spacial score (nSPS) is 22.3. The Labute approximate surface area is 157 Å². The van der Waals surface area contributed by atoms with E-state index in [4.69, 9.17) is 0 Å². The molecular weight excluding hydrogens is 340 g/mol. The van der Waals surface area contributed by atoms with Crippen LogP contribution in [0.3, 0.4) is 0 Å². The Bertz CT molecular complexity index is 860. The average molecular weight is 360 g/mol. The molecule has 27 heavy (non-hydrogen) atoms. The summed E-state index contributed by atoms with van der Waals surface area (Å²) < 4.78 is 0. The van der Waals surface area contributed by atoms with Crippen molar-refractivity contribution in [3.05, 3.63) is 60.7 Å². The maximum atomic E-state index is 12.9. The zero-order valence-electron chi connectivity index (χ0n) is 15.2. The first kappa shape index (κ1) is 17.1. The fourth-order valence-corrected chi connectivity index (χ4v) is 3.49. The molecule has 0 N–H and O–H groups in total. The summed E-state index contributed by atoms with van der Waals surface area (Å²) >= 11 is 0. The highest BCUT2D eigenvalue weighted by Crippen LogP contribution is 2.32. The molecule has 0 aromatic heterocycles. The van der Waals surface area contributed by atoms with Crippen molar-refractivity contribution in [2.45, 2.75) is 20.3 Å². The van der Waals surface area contributed by atoms with Crippen molar-refractivity contribution < 1.29 is 9.59 Å². The molecule has 0 radical (unpaired) electrons. The molecule has 0 saturated carbocycles. The molecule has 6 heteroatoms. The highest BCUT2D eigenvalue weighted by molar-refractivity contribution is 6.18. The SMILES string of the molecule is CC1=NN(c2ccccc2)C(=O)[C@H]1C[C@@H]1C(=O)N(c2ccccc2)N=C1C. The smallest absolute Gasteiger partial charge is 0.256 e. The first-order valence-electron chi connectivity index (χ1n) is 8.94. The quantitative estimate of drug-likeness (QED) is 0.838. The molecule has 0 saturated heterocycles.